The number of carboxylic acids is 1. The van der Waals surface area contributed by atoms with Crippen molar-refractivity contribution in [1.29, 1.82) is 0 Å². The van der Waals surface area contributed by atoms with Crippen LogP contribution >= 0.6 is 11.6 Å². The molecule has 8 nitrogen and oxygen atoms in total. The molecular weight excluding hydrogens is 477 g/mol. The monoisotopic (exact) mass is 497 g/mol. The third kappa shape index (κ3) is 4.67. The van der Waals surface area contributed by atoms with Gasteiger partial charge < -0.3 is 9.84 Å². The Balaban J connectivity index is 2.02. The van der Waals surface area contributed by atoms with Crippen LogP contribution in [0.5, 0.6) is 11.5 Å². The molecule has 0 saturated heterocycles. The van der Waals surface area contributed by atoms with Gasteiger partial charge in [-0.1, -0.05) is 30.7 Å². The quantitative estimate of drug-likeness (QED) is 0.408. The second-order valence-corrected chi connectivity index (χ2v) is 8.37. The molecule has 0 aliphatic heterocycles. The Labute approximate surface area is 203 Å². The molecule has 2 aromatic carbocycles. The van der Waals surface area contributed by atoms with Crippen molar-refractivity contribution in [3.63, 3.8) is 0 Å². The molecule has 2 aromatic heterocycles. The van der Waals surface area contributed by atoms with Crippen molar-refractivity contribution in [2.45, 2.75) is 25.8 Å². The molecule has 0 radical (unpaired) electrons. The van der Waals surface area contributed by atoms with E-state index in [1.807, 2.05) is 0 Å². The lowest BCUT2D eigenvalue weighted by molar-refractivity contribution is -0.141. The second-order valence-electron chi connectivity index (χ2n) is 7.94. The molecule has 4 aromatic rings. The maximum absolute atomic E-state index is 13.6. The lowest BCUT2D eigenvalue weighted by Crippen LogP contribution is -2.44. The molecule has 2 heterocycles. The number of halogens is 2. The number of aromatic nitrogens is 3. The van der Waals surface area contributed by atoms with Crippen LogP contribution in [0.1, 0.15) is 30.5 Å². The van der Waals surface area contributed by atoms with Crippen LogP contribution < -0.4 is 16.0 Å². The molecule has 10 heteroatoms. The fraction of sp³-hybridized carbons (Fsp3) is 0.200. The molecule has 1 atom stereocenters. The zero-order valence-electron chi connectivity index (χ0n) is 18.9. The molecule has 1 unspecified atom stereocenters. The van der Waals surface area contributed by atoms with E-state index in [0.29, 0.717) is 21.9 Å². The first-order chi connectivity index (χ1) is 16.7. The summed E-state index contributed by atoms with van der Waals surface area (Å²) in [6, 6.07) is 10.9. The summed E-state index contributed by atoms with van der Waals surface area (Å²) in [5.74, 6) is -1.05. The van der Waals surface area contributed by atoms with Crippen molar-refractivity contribution < 1.29 is 19.0 Å². The highest BCUT2D eigenvalue weighted by atomic mass is 35.5. The molecule has 0 aliphatic rings. The van der Waals surface area contributed by atoms with E-state index in [1.165, 1.54) is 25.4 Å². The first-order valence-electron chi connectivity index (χ1n) is 10.7. The SMILES string of the molecule is CCC(C(=O)O)n1c(=O)c2c(Cc3ccc(F)cc3)c(Oc3ccc(Cl)cc3)cnc2n(C)c1=O. The van der Waals surface area contributed by atoms with E-state index in [0.717, 1.165) is 9.13 Å². The molecule has 0 spiro atoms. The van der Waals surface area contributed by atoms with Gasteiger partial charge in [0.25, 0.3) is 5.56 Å². The molecule has 1 N–H and O–H groups in total. The molecule has 0 fully saturated rings. The van der Waals surface area contributed by atoms with Crippen molar-refractivity contribution in [2.24, 2.45) is 7.05 Å². The van der Waals surface area contributed by atoms with Crippen molar-refractivity contribution in [3.05, 3.63) is 97.5 Å². The van der Waals surface area contributed by atoms with E-state index in [1.54, 1.807) is 43.3 Å². The van der Waals surface area contributed by atoms with Gasteiger partial charge in [0.05, 0.1) is 11.6 Å². The lowest BCUT2D eigenvalue weighted by Gasteiger charge is -2.18. The Morgan fingerprint density at radius 1 is 1.14 bits per heavy atom. The molecule has 0 aliphatic carbocycles. The van der Waals surface area contributed by atoms with E-state index in [4.69, 9.17) is 16.3 Å². The van der Waals surface area contributed by atoms with E-state index in [9.17, 15) is 23.9 Å². The fourth-order valence-electron chi connectivity index (χ4n) is 3.90. The summed E-state index contributed by atoms with van der Waals surface area (Å²) in [5.41, 5.74) is -0.444. The van der Waals surface area contributed by atoms with E-state index in [2.05, 4.69) is 4.98 Å². The third-order valence-electron chi connectivity index (χ3n) is 5.69. The predicted octanol–water partition coefficient (Wildman–Crippen LogP) is 4.31. The zero-order valence-corrected chi connectivity index (χ0v) is 19.6. The average molecular weight is 498 g/mol. The standard InChI is InChI=1S/C25H21ClFN3O5/c1-3-19(24(32)33)30-23(31)21-18(12-14-4-8-16(27)9-5-14)20(13-28-22(21)29(2)25(30)34)35-17-10-6-15(26)7-11-17/h4-11,13,19H,3,12H2,1-2H3,(H,32,33). The first-order valence-corrected chi connectivity index (χ1v) is 11.1. The Kier molecular flexibility index (Phi) is 6.70. The maximum atomic E-state index is 13.6. The molecule has 180 valence electrons. The Bertz CT molecular complexity index is 1530. The summed E-state index contributed by atoms with van der Waals surface area (Å²) in [7, 11) is 1.42. The normalized spacial score (nSPS) is 12.0. The van der Waals surface area contributed by atoms with Gasteiger partial charge in [0.15, 0.2) is 0 Å². The number of ether oxygens (including phenoxy) is 1. The number of pyridine rings is 1. The Hall–Kier alpha value is -3.98. The van der Waals surface area contributed by atoms with E-state index < -0.39 is 29.1 Å². The predicted molar refractivity (Wildman–Crippen MR) is 129 cm³/mol. The van der Waals surface area contributed by atoms with Crippen LogP contribution in [0.3, 0.4) is 0 Å². The fourth-order valence-corrected chi connectivity index (χ4v) is 4.03. The van der Waals surface area contributed by atoms with Crippen molar-refractivity contribution in [3.8, 4) is 11.5 Å². The number of hydrogen-bond acceptors (Lipinski definition) is 5. The molecular formula is C25H21ClFN3O5. The Morgan fingerprint density at radius 2 is 1.80 bits per heavy atom. The smallest absolute Gasteiger partial charge is 0.333 e. The van der Waals surface area contributed by atoms with Crippen molar-refractivity contribution in [2.75, 3.05) is 0 Å². The number of carboxylic acid groups (broad SMARTS) is 1. The Morgan fingerprint density at radius 3 is 2.40 bits per heavy atom. The lowest BCUT2D eigenvalue weighted by atomic mass is 10.0. The molecule has 35 heavy (non-hydrogen) atoms. The van der Waals surface area contributed by atoms with Gasteiger partial charge in [-0.05, 0) is 48.4 Å². The second kappa shape index (κ2) is 9.71. The van der Waals surface area contributed by atoms with Crippen LogP contribution in [0.2, 0.25) is 5.02 Å². The number of nitrogens with zero attached hydrogens (tertiary/aromatic N) is 3. The summed E-state index contributed by atoms with van der Waals surface area (Å²) in [4.78, 5) is 42.7. The minimum Gasteiger partial charge on any atom is -0.480 e. The van der Waals surface area contributed by atoms with Crippen LogP contribution in [-0.2, 0) is 18.3 Å². The van der Waals surface area contributed by atoms with Gasteiger partial charge in [-0.15, -0.1) is 0 Å². The summed E-state index contributed by atoms with van der Waals surface area (Å²) in [6.07, 6.45) is 1.56. The molecule has 4 rings (SSSR count). The van der Waals surface area contributed by atoms with Gasteiger partial charge in [-0.3, -0.25) is 9.36 Å². The van der Waals surface area contributed by atoms with Gasteiger partial charge in [0.2, 0.25) is 0 Å². The highest BCUT2D eigenvalue weighted by Gasteiger charge is 2.26. The van der Waals surface area contributed by atoms with Crippen LogP contribution in [-0.4, -0.2) is 25.2 Å². The average Bonchev–Trinajstić information content (AvgIpc) is 2.83. The number of fused-ring (bicyclic) bond motifs is 1. The third-order valence-corrected chi connectivity index (χ3v) is 5.94. The number of rotatable bonds is 7. The summed E-state index contributed by atoms with van der Waals surface area (Å²) in [6.45, 7) is 1.58. The van der Waals surface area contributed by atoms with Gasteiger partial charge in [-0.25, -0.2) is 23.5 Å². The summed E-state index contributed by atoms with van der Waals surface area (Å²) < 4.78 is 21.4. The number of carbonyl (C=O) groups is 1. The maximum Gasteiger partial charge on any atom is 0.333 e. The first kappa shape index (κ1) is 24.2. The minimum atomic E-state index is -1.36. The van der Waals surface area contributed by atoms with Crippen LogP contribution in [0.4, 0.5) is 4.39 Å². The van der Waals surface area contributed by atoms with E-state index >= 15 is 0 Å². The minimum absolute atomic E-state index is 0.0255. The van der Waals surface area contributed by atoms with E-state index in [-0.39, 0.29) is 29.6 Å². The molecule has 0 saturated carbocycles. The number of benzene rings is 2. The number of aryl methyl sites for hydroxylation is 1. The number of aliphatic carboxylic acids is 1. The summed E-state index contributed by atoms with van der Waals surface area (Å²) >= 11 is 5.96. The van der Waals surface area contributed by atoms with Gasteiger partial charge >= 0.3 is 11.7 Å². The molecule has 0 amide bonds. The number of hydrogen-bond donors (Lipinski definition) is 1. The largest absolute Gasteiger partial charge is 0.480 e. The summed E-state index contributed by atoms with van der Waals surface area (Å²) in [5, 5.41) is 10.2. The topological polar surface area (TPSA) is 103 Å². The highest BCUT2D eigenvalue weighted by Crippen LogP contribution is 2.31. The molecule has 0 bridgehead atoms. The highest BCUT2D eigenvalue weighted by molar-refractivity contribution is 6.30. The van der Waals surface area contributed by atoms with Crippen LogP contribution in [0.25, 0.3) is 11.0 Å². The van der Waals surface area contributed by atoms with Gasteiger partial charge in [-0.2, -0.15) is 0 Å². The van der Waals surface area contributed by atoms with Crippen LogP contribution in [0.15, 0.2) is 64.3 Å². The van der Waals surface area contributed by atoms with Crippen molar-refractivity contribution >= 4 is 28.6 Å². The van der Waals surface area contributed by atoms with Gasteiger partial charge in [0, 0.05) is 24.1 Å². The van der Waals surface area contributed by atoms with Crippen LogP contribution in [0, 0.1) is 5.82 Å². The zero-order chi connectivity index (χ0) is 25.3. The van der Waals surface area contributed by atoms with Crippen molar-refractivity contribution in [1.82, 2.24) is 14.1 Å². The van der Waals surface area contributed by atoms with Gasteiger partial charge in [0.1, 0.15) is 29.0 Å².